The number of aromatic nitrogens is 1. The van der Waals surface area contributed by atoms with Crippen molar-refractivity contribution in [3.63, 3.8) is 0 Å². The topological polar surface area (TPSA) is 98.8 Å². The van der Waals surface area contributed by atoms with Crippen LogP contribution in [-0.4, -0.2) is 66.3 Å². The van der Waals surface area contributed by atoms with Crippen LogP contribution in [0.1, 0.15) is 12.8 Å². The predicted octanol–water partition coefficient (Wildman–Crippen LogP) is 0.946. The summed E-state index contributed by atoms with van der Waals surface area (Å²) in [5, 5.41) is 3.89. The number of amides is 2. The van der Waals surface area contributed by atoms with Crippen molar-refractivity contribution in [3.05, 3.63) is 30.5 Å². The van der Waals surface area contributed by atoms with E-state index in [0.29, 0.717) is 64.6 Å². The summed E-state index contributed by atoms with van der Waals surface area (Å²) in [6.07, 6.45) is 2.93. The lowest BCUT2D eigenvalue weighted by Gasteiger charge is -2.31. The molecule has 2 saturated heterocycles. The molecule has 0 atom stereocenters. The number of anilines is 1. The van der Waals surface area contributed by atoms with Gasteiger partial charge in [0.05, 0.1) is 13.2 Å². The molecule has 2 aliphatic rings. The molecule has 4 rings (SSSR count). The molecule has 2 aliphatic heterocycles. The molecule has 2 fully saturated rings. The number of ether oxygens (including phenoxy) is 2. The number of morpholine rings is 1. The van der Waals surface area contributed by atoms with E-state index in [1.807, 2.05) is 39.9 Å². The molecule has 3 N–H and O–H groups in total. The fraction of sp³-hybridized carbons (Fsp3) is 0.500. The molecular weight excluding hydrogens is 360 g/mol. The lowest BCUT2D eigenvalue weighted by Crippen LogP contribution is -2.54. The second-order valence-electron chi connectivity index (χ2n) is 7.43. The fourth-order valence-corrected chi connectivity index (χ4v) is 3.69. The molecule has 0 unspecified atom stereocenters. The van der Waals surface area contributed by atoms with Crippen LogP contribution in [0.5, 0.6) is 0 Å². The first-order chi connectivity index (χ1) is 13.5. The highest BCUT2D eigenvalue weighted by Gasteiger charge is 2.35. The highest BCUT2D eigenvalue weighted by atomic mass is 16.5. The molecule has 2 amide bonds. The Bertz CT molecular complexity index is 866. The summed E-state index contributed by atoms with van der Waals surface area (Å²) in [6, 6.07) is 7.62. The number of carbonyl (C=O) groups excluding carboxylic acids is 2. The van der Waals surface area contributed by atoms with Gasteiger partial charge in [0.2, 0.25) is 11.8 Å². The Kier molecular flexibility index (Phi) is 5.34. The van der Waals surface area contributed by atoms with Gasteiger partial charge in [0.15, 0.2) is 0 Å². The molecule has 1 aromatic heterocycles. The van der Waals surface area contributed by atoms with Crippen molar-refractivity contribution in [1.82, 2.24) is 9.47 Å². The van der Waals surface area contributed by atoms with Crippen LogP contribution in [0.2, 0.25) is 0 Å². The number of fused-ring (bicyclic) bond motifs is 1. The van der Waals surface area contributed by atoms with E-state index in [9.17, 15) is 9.59 Å². The maximum atomic E-state index is 12.6. The fourth-order valence-electron chi connectivity index (χ4n) is 3.69. The van der Waals surface area contributed by atoms with Gasteiger partial charge < -0.3 is 30.0 Å². The summed E-state index contributed by atoms with van der Waals surface area (Å²) in [4.78, 5) is 26.9. The molecule has 2 aromatic rings. The summed E-state index contributed by atoms with van der Waals surface area (Å²) < 4.78 is 12.5. The van der Waals surface area contributed by atoms with Crippen LogP contribution in [0.15, 0.2) is 30.5 Å². The average Bonchev–Trinajstić information content (AvgIpc) is 3.11. The SMILES string of the molecule is NC1(C(=O)Nc2ccc3c(ccn3CC(=O)N3CCOCC3)c2)CCOCC1. The highest BCUT2D eigenvalue weighted by Crippen LogP contribution is 2.24. The van der Waals surface area contributed by atoms with E-state index in [0.717, 1.165) is 10.9 Å². The largest absolute Gasteiger partial charge is 0.381 e. The van der Waals surface area contributed by atoms with E-state index in [-0.39, 0.29) is 11.8 Å². The van der Waals surface area contributed by atoms with Gasteiger partial charge in [0.25, 0.3) is 0 Å². The molecule has 3 heterocycles. The van der Waals surface area contributed by atoms with E-state index in [2.05, 4.69) is 5.32 Å². The zero-order valence-corrected chi connectivity index (χ0v) is 15.9. The molecule has 150 valence electrons. The van der Waals surface area contributed by atoms with E-state index >= 15 is 0 Å². The first-order valence-corrected chi connectivity index (χ1v) is 9.68. The Morgan fingerprint density at radius 2 is 1.79 bits per heavy atom. The minimum Gasteiger partial charge on any atom is -0.381 e. The van der Waals surface area contributed by atoms with Gasteiger partial charge in [0, 0.05) is 49.1 Å². The summed E-state index contributed by atoms with van der Waals surface area (Å²) in [5.41, 5.74) is 7.01. The molecule has 8 heteroatoms. The van der Waals surface area contributed by atoms with Crippen LogP contribution in [0.25, 0.3) is 10.9 Å². The third kappa shape index (κ3) is 3.89. The third-order valence-electron chi connectivity index (χ3n) is 5.54. The zero-order valence-electron chi connectivity index (χ0n) is 15.9. The van der Waals surface area contributed by atoms with Gasteiger partial charge in [-0.15, -0.1) is 0 Å². The Morgan fingerprint density at radius 1 is 1.07 bits per heavy atom. The van der Waals surface area contributed by atoms with Gasteiger partial charge >= 0.3 is 0 Å². The molecular formula is C20H26N4O4. The van der Waals surface area contributed by atoms with Crippen LogP contribution >= 0.6 is 0 Å². The van der Waals surface area contributed by atoms with Crippen molar-refractivity contribution >= 4 is 28.4 Å². The van der Waals surface area contributed by atoms with Gasteiger partial charge in [0.1, 0.15) is 12.1 Å². The van der Waals surface area contributed by atoms with E-state index < -0.39 is 5.54 Å². The Hall–Kier alpha value is -2.42. The molecule has 28 heavy (non-hydrogen) atoms. The quantitative estimate of drug-likeness (QED) is 0.815. The molecule has 0 bridgehead atoms. The highest BCUT2D eigenvalue weighted by molar-refractivity contribution is 5.99. The van der Waals surface area contributed by atoms with Crippen molar-refractivity contribution < 1.29 is 19.1 Å². The minimum atomic E-state index is -0.885. The number of carbonyl (C=O) groups is 2. The third-order valence-corrected chi connectivity index (χ3v) is 5.54. The summed E-state index contributed by atoms with van der Waals surface area (Å²) in [7, 11) is 0. The molecule has 0 spiro atoms. The molecule has 0 radical (unpaired) electrons. The van der Waals surface area contributed by atoms with Gasteiger partial charge in [-0.05, 0) is 37.1 Å². The lowest BCUT2D eigenvalue weighted by atomic mass is 9.90. The second-order valence-corrected chi connectivity index (χ2v) is 7.43. The number of nitrogens with zero attached hydrogens (tertiary/aromatic N) is 2. The van der Waals surface area contributed by atoms with Gasteiger partial charge in [-0.1, -0.05) is 0 Å². The van der Waals surface area contributed by atoms with Crippen molar-refractivity contribution in [2.24, 2.45) is 5.73 Å². The Labute approximate surface area is 163 Å². The van der Waals surface area contributed by atoms with Crippen molar-refractivity contribution in [2.75, 3.05) is 44.8 Å². The zero-order chi connectivity index (χ0) is 19.6. The molecule has 0 aliphatic carbocycles. The maximum Gasteiger partial charge on any atom is 0.244 e. The van der Waals surface area contributed by atoms with Gasteiger partial charge in [-0.3, -0.25) is 9.59 Å². The van der Waals surface area contributed by atoms with Crippen molar-refractivity contribution in [3.8, 4) is 0 Å². The number of nitrogens with one attached hydrogen (secondary N) is 1. The Morgan fingerprint density at radius 3 is 2.54 bits per heavy atom. The van der Waals surface area contributed by atoms with Crippen molar-refractivity contribution in [2.45, 2.75) is 24.9 Å². The summed E-state index contributed by atoms with van der Waals surface area (Å²) in [5.74, 6) is -0.0974. The second kappa shape index (κ2) is 7.90. The first-order valence-electron chi connectivity index (χ1n) is 9.68. The van der Waals surface area contributed by atoms with Crippen LogP contribution in [0.4, 0.5) is 5.69 Å². The molecule has 1 aromatic carbocycles. The molecule has 0 saturated carbocycles. The lowest BCUT2D eigenvalue weighted by molar-refractivity contribution is -0.135. The summed E-state index contributed by atoms with van der Waals surface area (Å²) in [6.45, 7) is 3.76. The molecule has 8 nitrogen and oxygen atoms in total. The van der Waals surface area contributed by atoms with Gasteiger partial charge in [-0.25, -0.2) is 0 Å². The average molecular weight is 386 g/mol. The maximum absolute atomic E-state index is 12.6. The Balaban J connectivity index is 1.45. The number of hydrogen-bond acceptors (Lipinski definition) is 5. The summed E-state index contributed by atoms with van der Waals surface area (Å²) >= 11 is 0. The van der Waals surface area contributed by atoms with Crippen LogP contribution in [-0.2, 0) is 25.6 Å². The van der Waals surface area contributed by atoms with Crippen molar-refractivity contribution in [1.29, 1.82) is 0 Å². The smallest absolute Gasteiger partial charge is 0.244 e. The van der Waals surface area contributed by atoms with E-state index in [1.165, 1.54) is 0 Å². The first kappa shape index (κ1) is 18.9. The van der Waals surface area contributed by atoms with Crippen LogP contribution in [0, 0.1) is 0 Å². The van der Waals surface area contributed by atoms with Crippen LogP contribution in [0.3, 0.4) is 0 Å². The standard InChI is InChI=1S/C20H26N4O4/c21-20(4-9-27-10-5-20)19(26)22-16-1-2-17-15(13-16)3-6-24(17)14-18(25)23-7-11-28-12-8-23/h1-3,6,13H,4-5,7-12,14,21H2,(H,22,26). The van der Waals surface area contributed by atoms with E-state index in [4.69, 9.17) is 15.2 Å². The number of hydrogen-bond donors (Lipinski definition) is 2. The number of benzene rings is 1. The monoisotopic (exact) mass is 386 g/mol. The normalized spacial score (nSPS) is 19.5. The number of nitrogens with two attached hydrogens (primary N) is 1. The minimum absolute atomic E-state index is 0.0859. The van der Waals surface area contributed by atoms with Crippen LogP contribution < -0.4 is 11.1 Å². The number of rotatable bonds is 4. The van der Waals surface area contributed by atoms with E-state index in [1.54, 1.807) is 0 Å². The predicted molar refractivity (Wildman–Crippen MR) is 105 cm³/mol. The van der Waals surface area contributed by atoms with Gasteiger partial charge in [-0.2, -0.15) is 0 Å².